The molecule has 0 fully saturated rings. The largest absolute Gasteiger partial charge is 0.418 e. The van der Waals surface area contributed by atoms with Gasteiger partial charge in [-0.2, -0.15) is 28.1 Å². The summed E-state index contributed by atoms with van der Waals surface area (Å²) in [6.07, 6.45) is -4.58. The summed E-state index contributed by atoms with van der Waals surface area (Å²) >= 11 is 0. The van der Waals surface area contributed by atoms with Crippen LogP contribution in [-0.4, -0.2) is 39.4 Å². The smallest absolute Gasteiger partial charge is 0.368 e. The molecular weight excluding hydrogens is 423 g/mol. The van der Waals surface area contributed by atoms with Gasteiger partial charge in [-0.05, 0) is 38.2 Å². The fraction of sp³-hybridized carbons (Fsp3) is 0.238. The number of hydrogen-bond acceptors (Lipinski definition) is 7. The van der Waals surface area contributed by atoms with E-state index in [9.17, 15) is 18.0 Å². The number of amides is 1. The molecule has 3 rings (SSSR count). The summed E-state index contributed by atoms with van der Waals surface area (Å²) in [7, 11) is 1.63. The first kappa shape index (κ1) is 22.9. The quantitative estimate of drug-likeness (QED) is 0.507. The number of rotatable bonds is 7. The van der Waals surface area contributed by atoms with Crippen molar-refractivity contribution in [1.29, 1.82) is 0 Å². The molecular formula is C21H22F3N7O. The summed E-state index contributed by atoms with van der Waals surface area (Å²) in [6.45, 7) is 1.55. The van der Waals surface area contributed by atoms with E-state index in [0.29, 0.717) is 5.82 Å². The number of nitrogens with zero attached hydrogens (tertiary/aromatic N) is 4. The van der Waals surface area contributed by atoms with Crippen LogP contribution in [0.5, 0.6) is 0 Å². The molecule has 1 unspecified atom stereocenters. The predicted molar refractivity (Wildman–Crippen MR) is 115 cm³/mol. The van der Waals surface area contributed by atoms with Crippen LogP contribution < -0.4 is 16.4 Å². The number of alkyl halides is 3. The summed E-state index contributed by atoms with van der Waals surface area (Å²) in [5.74, 6) is -0.0672. The maximum Gasteiger partial charge on any atom is 0.418 e. The van der Waals surface area contributed by atoms with Crippen molar-refractivity contribution in [2.24, 2.45) is 0 Å². The molecule has 1 heterocycles. The Labute approximate surface area is 182 Å². The maximum absolute atomic E-state index is 13.1. The van der Waals surface area contributed by atoms with Crippen LogP contribution in [0.25, 0.3) is 0 Å². The third kappa shape index (κ3) is 5.91. The third-order valence-electron chi connectivity index (χ3n) is 4.63. The lowest BCUT2D eigenvalue weighted by Gasteiger charge is -2.23. The van der Waals surface area contributed by atoms with Gasteiger partial charge in [0, 0.05) is 5.69 Å². The third-order valence-corrected chi connectivity index (χ3v) is 4.63. The van der Waals surface area contributed by atoms with Crippen LogP contribution in [0.2, 0.25) is 0 Å². The molecule has 0 aliphatic carbocycles. The first-order valence-electron chi connectivity index (χ1n) is 9.63. The number of aromatic nitrogens is 3. The van der Waals surface area contributed by atoms with Crippen molar-refractivity contribution in [3.63, 3.8) is 0 Å². The SMILES string of the molecule is CC(c1nc(N)nc(Nc2ccccc2)n1)N(C)CC(=O)Nc1ccccc1C(F)(F)F. The Morgan fingerprint density at radius 1 is 1.06 bits per heavy atom. The summed E-state index contributed by atoms with van der Waals surface area (Å²) in [4.78, 5) is 26.5. The molecule has 168 valence electrons. The van der Waals surface area contributed by atoms with Gasteiger partial charge in [0.1, 0.15) is 0 Å². The van der Waals surface area contributed by atoms with Crippen molar-refractivity contribution in [3.05, 3.63) is 66.0 Å². The zero-order valence-electron chi connectivity index (χ0n) is 17.4. The molecule has 32 heavy (non-hydrogen) atoms. The second-order valence-electron chi connectivity index (χ2n) is 7.05. The topological polar surface area (TPSA) is 109 Å². The van der Waals surface area contributed by atoms with Gasteiger partial charge in [0.05, 0.1) is 23.8 Å². The van der Waals surface area contributed by atoms with Gasteiger partial charge in [0.25, 0.3) is 0 Å². The number of benzene rings is 2. The Balaban J connectivity index is 1.69. The highest BCUT2D eigenvalue weighted by molar-refractivity contribution is 5.93. The number of carbonyl (C=O) groups is 1. The Kier molecular flexibility index (Phi) is 6.89. The molecule has 0 spiro atoms. The molecule has 0 saturated heterocycles. The van der Waals surface area contributed by atoms with Gasteiger partial charge in [-0.3, -0.25) is 9.69 Å². The maximum atomic E-state index is 13.1. The number of halogens is 3. The van der Waals surface area contributed by atoms with Crippen LogP contribution in [0.3, 0.4) is 0 Å². The first-order valence-corrected chi connectivity index (χ1v) is 9.63. The Hall–Kier alpha value is -3.73. The number of nitrogens with one attached hydrogen (secondary N) is 2. The van der Waals surface area contributed by atoms with Crippen molar-refractivity contribution in [3.8, 4) is 0 Å². The molecule has 0 bridgehead atoms. The van der Waals surface area contributed by atoms with Gasteiger partial charge in [-0.15, -0.1) is 0 Å². The van der Waals surface area contributed by atoms with E-state index < -0.39 is 23.7 Å². The molecule has 1 amide bonds. The number of anilines is 4. The van der Waals surface area contributed by atoms with Crippen molar-refractivity contribution < 1.29 is 18.0 Å². The minimum atomic E-state index is -4.58. The number of nitrogen functional groups attached to an aromatic ring is 1. The number of nitrogens with two attached hydrogens (primary N) is 1. The van der Waals surface area contributed by atoms with E-state index in [1.807, 2.05) is 30.3 Å². The van der Waals surface area contributed by atoms with E-state index in [4.69, 9.17) is 5.73 Å². The normalized spacial score (nSPS) is 12.4. The fourth-order valence-corrected chi connectivity index (χ4v) is 2.89. The lowest BCUT2D eigenvalue weighted by atomic mass is 10.1. The first-order chi connectivity index (χ1) is 15.1. The zero-order chi connectivity index (χ0) is 23.3. The minimum absolute atomic E-state index is 0.00256. The van der Waals surface area contributed by atoms with Gasteiger partial charge in [0.15, 0.2) is 5.82 Å². The van der Waals surface area contributed by atoms with Crippen LogP contribution in [0.1, 0.15) is 24.4 Å². The number of para-hydroxylation sites is 2. The Bertz CT molecular complexity index is 1080. The summed E-state index contributed by atoms with van der Waals surface area (Å²) in [5.41, 5.74) is 5.35. The molecule has 11 heteroatoms. The molecule has 3 aromatic rings. The second-order valence-corrected chi connectivity index (χ2v) is 7.05. The van der Waals surface area contributed by atoms with E-state index >= 15 is 0 Å². The number of carbonyl (C=O) groups excluding carboxylic acids is 1. The number of hydrogen-bond donors (Lipinski definition) is 3. The molecule has 0 aliphatic heterocycles. The van der Waals surface area contributed by atoms with E-state index in [-0.39, 0.29) is 24.1 Å². The van der Waals surface area contributed by atoms with Gasteiger partial charge in [0.2, 0.25) is 17.8 Å². The minimum Gasteiger partial charge on any atom is -0.368 e. The van der Waals surface area contributed by atoms with Gasteiger partial charge in [-0.1, -0.05) is 30.3 Å². The molecule has 1 aromatic heterocycles. The molecule has 0 aliphatic rings. The van der Waals surface area contributed by atoms with Gasteiger partial charge in [-0.25, -0.2) is 0 Å². The molecule has 0 saturated carbocycles. The lowest BCUT2D eigenvalue weighted by Crippen LogP contribution is -2.33. The highest BCUT2D eigenvalue weighted by Gasteiger charge is 2.33. The van der Waals surface area contributed by atoms with Crippen molar-refractivity contribution in [2.75, 3.05) is 30.0 Å². The van der Waals surface area contributed by atoms with Crippen molar-refractivity contribution >= 4 is 29.2 Å². The van der Waals surface area contributed by atoms with Gasteiger partial charge >= 0.3 is 6.18 Å². The Morgan fingerprint density at radius 2 is 1.72 bits per heavy atom. The predicted octanol–water partition coefficient (Wildman–Crippen LogP) is 3.85. The zero-order valence-corrected chi connectivity index (χ0v) is 17.4. The van der Waals surface area contributed by atoms with E-state index in [0.717, 1.165) is 11.8 Å². The molecule has 1 atom stereocenters. The fourth-order valence-electron chi connectivity index (χ4n) is 2.89. The van der Waals surface area contributed by atoms with Crippen LogP contribution in [0, 0.1) is 0 Å². The van der Waals surface area contributed by atoms with Gasteiger partial charge < -0.3 is 16.4 Å². The van der Waals surface area contributed by atoms with Crippen molar-refractivity contribution in [1.82, 2.24) is 19.9 Å². The molecule has 4 N–H and O–H groups in total. The standard InChI is InChI=1S/C21H22F3N7O/c1-13(18-28-19(25)30-20(29-18)26-14-8-4-3-5-9-14)31(2)12-17(32)27-16-11-7-6-10-15(16)21(22,23)24/h3-11,13H,12H2,1-2H3,(H,27,32)(H3,25,26,28,29,30). The summed E-state index contributed by atoms with van der Waals surface area (Å²) in [5, 5.41) is 5.35. The van der Waals surface area contributed by atoms with Crippen LogP contribution in [0.4, 0.5) is 36.4 Å². The lowest BCUT2D eigenvalue weighted by molar-refractivity contribution is -0.137. The highest BCUT2D eigenvalue weighted by Crippen LogP contribution is 2.34. The second kappa shape index (κ2) is 9.60. The molecule has 2 aromatic carbocycles. The van der Waals surface area contributed by atoms with Crippen LogP contribution in [0.15, 0.2) is 54.6 Å². The average molecular weight is 445 g/mol. The monoisotopic (exact) mass is 445 g/mol. The molecule has 8 nitrogen and oxygen atoms in total. The van der Waals surface area contributed by atoms with Crippen LogP contribution >= 0.6 is 0 Å². The van der Waals surface area contributed by atoms with E-state index in [1.54, 1.807) is 18.9 Å². The molecule has 0 radical (unpaired) electrons. The summed E-state index contributed by atoms with van der Waals surface area (Å²) in [6, 6.07) is 13.6. The van der Waals surface area contributed by atoms with E-state index in [2.05, 4.69) is 25.6 Å². The summed E-state index contributed by atoms with van der Waals surface area (Å²) < 4.78 is 39.4. The van der Waals surface area contributed by atoms with Crippen LogP contribution in [-0.2, 0) is 11.0 Å². The van der Waals surface area contributed by atoms with E-state index in [1.165, 1.54) is 18.2 Å². The Morgan fingerprint density at radius 3 is 2.41 bits per heavy atom. The highest BCUT2D eigenvalue weighted by atomic mass is 19.4. The average Bonchev–Trinajstić information content (AvgIpc) is 2.73. The number of likely N-dealkylation sites (N-methyl/N-ethyl adjacent to an activating group) is 1. The van der Waals surface area contributed by atoms with Crippen molar-refractivity contribution in [2.45, 2.75) is 19.1 Å².